The van der Waals surface area contributed by atoms with Crippen molar-refractivity contribution in [2.24, 2.45) is 11.7 Å². The van der Waals surface area contributed by atoms with Gasteiger partial charge in [-0.3, -0.25) is 0 Å². The van der Waals surface area contributed by atoms with E-state index in [0.29, 0.717) is 0 Å². The van der Waals surface area contributed by atoms with Crippen LogP contribution in [0.5, 0.6) is 0 Å². The first-order valence-corrected chi connectivity index (χ1v) is 8.22. The van der Waals surface area contributed by atoms with Crippen molar-refractivity contribution in [2.45, 2.75) is 78.1 Å². The Bertz CT molecular complexity index is 148. The van der Waals surface area contributed by atoms with Crippen molar-refractivity contribution < 1.29 is 0 Å². The molecule has 1 atom stereocenters. The maximum atomic E-state index is 5.46. The van der Waals surface area contributed by atoms with Crippen LogP contribution in [0.1, 0.15) is 78.1 Å². The zero-order chi connectivity index (χ0) is 13.5. The van der Waals surface area contributed by atoms with Crippen LogP contribution in [0, 0.1) is 5.92 Å². The summed E-state index contributed by atoms with van der Waals surface area (Å²) in [6.07, 6.45) is 13.5. The molecule has 0 rings (SSSR count). The summed E-state index contributed by atoms with van der Waals surface area (Å²) in [5.74, 6) is 0.932. The van der Waals surface area contributed by atoms with Crippen LogP contribution >= 0.6 is 0 Å². The molecule has 0 fully saturated rings. The molecule has 3 N–H and O–H groups in total. The van der Waals surface area contributed by atoms with E-state index in [1.54, 1.807) is 0 Å². The number of nitrogens with one attached hydrogen (secondary N) is 1. The minimum atomic E-state index is 0.851. The first-order valence-electron chi connectivity index (χ1n) is 8.22. The molecule has 0 amide bonds. The zero-order valence-corrected chi connectivity index (χ0v) is 12.8. The highest BCUT2D eigenvalue weighted by molar-refractivity contribution is 4.56. The van der Waals surface area contributed by atoms with Crippen molar-refractivity contribution in [3.8, 4) is 0 Å². The smallest absolute Gasteiger partial charge is 0.00489 e. The standard InChI is InChI=1S/C16H36N2/c1-3-4-11-16(2)12-7-10-15-18-14-9-6-5-8-13-17/h16,18H,3-15,17H2,1-2H3. The molecule has 0 aromatic heterocycles. The van der Waals surface area contributed by atoms with Crippen LogP contribution < -0.4 is 11.1 Å². The third-order valence-corrected chi connectivity index (χ3v) is 3.66. The third-order valence-electron chi connectivity index (χ3n) is 3.66. The van der Waals surface area contributed by atoms with Gasteiger partial charge in [-0.1, -0.05) is 58.8 Å². The third kappa shape index (κ3) is 14.0. The van der Waals surface area contributed by atoms with Gasteiger partial charge in [-0.25, -0.2) is 0 Å². The van der Waals surface area contributed by atoms with E-state index in [2.05, 4.69) is 19.2 Å². The Hall–Kier alpha value is -0.0800. The molecule has 0 spiro atoms. The van der Waals surface area contributed by atoms with E-state index in [1.807, 2.05) is 0 Å². The second-order valence-corrected chi connectivity index (χ2v) is 5.70. The van der Waals surface area contributed by atoms with Gasteiger partial charge in [0.25, 0.3) is 0 Å². The number of hydrogen-bond donors (Lipinski definition) is 2. The first kappa shape index (κ1) is 17.9. The Balaban J connectivity index is 3.02. The molecule has 0 radical (unpaired) electrons. The van der Waals surface area contributed by atoms with Crippen LogP contribution in [0.15, 0.2) is 0 Å². The zero-order valence-electron chi connectivity index (χ0n) is 12.8. The molecule has 1 unspecified atom stereocenters. The minimum absolute atomic E-state index is 0.851. The van der Waals surface area contributed by atoms with Crippen molar-refractivity contribution in [3.63, 3.8) is 0 Å². The number of hydrogen-bond acceptors (Lipinski definition) is 2. The van der Waals surface area contributed by atoms with E-state index >= 15 is 0 Å². The Kier molecular flexibility index (Phi) is 14.9. The fourth-order valence-electron chi connectivity index (χ4n) is 2.31. The molecule has 18 heavy (non-hydrogen) atoms. The Morgan fingerprint density at radius 1 is 0.833 bits per heavy atom. The SMILES string of the molecule is CCCCC(C)CCCCNCCCCCCN. The Morgan fingerprint density at radius 2 is 1.44 bits per heavy atom. The summed E-state index contributed by atoms with van der Waals surface area (Å²) in [4.78, 5) is 0. The van der Waals surface area contributed by atoms with Crippen LogP contribution in [0.25, 0.3) is 0 Å². The quantitative estimate of drug-likeness (QED) is 0.459. The molecule has 2 nitrogen and oxygen atoms in total. The summed E-state index contributed by atoms with van der Waals surface area (Å²) in [6.45, 7) is 7.93. The van der Waals surface area contributed by atoms with Crippen molar-refractivity contribution >= 4 is 0 Å². The number of unbranched alkanes of at least 4 members (excludes halogenated alkanes) is 5. The first-order chi connectivity index (χ1) is 8.81. The highest BCUT2D eigenvalue weighted by Crippen LogP contribution is 2.14. The molecule has 0 aliphatic heterocycles. The lowest BCUT2D eigenvalue weighted by atomic mass is 9.98. The normalized spacial score (nSPS) is 12.8. The van der Waals surface area contributed by atoms with Gasteiger partial charge in [0, 0.05) is 0 Å². The fraction of sp³-hybridized carbons (Fsp3) is 1.00. The van der Waals surface area contributed by atoms with E-state index in [-0.39, 0.29) is 0 Å². The van der Waals surface area contributed by atoms with Crippen molar-refractivity contribution in [1.82, 2.24) is 5.32 Å². The van der Waals surface area contributed by atoms with Gasteiger partial charge in [0.1, 0.15) is 0 Å². The van der Waals surface area contributed by atoms with Gasteiger partial charge in [-0.15, -0.1) is 0 Å². The topological polar surface area (TPSA) is 38.0 Å². The summed E-state index contributed by atoms with van der Waals surface area (Å²) >= 11 is 0. The van der Waals surface area contributed by atoms with Crippen LogP contribution in [-0.2, 0) is 0 Å². The molecule has 0 saturated carbocycles. The molecule has 0 bridgehead atoms. The van der Waals surface area contributed by atoms with Gasteiger partial charge in [0.15, 0.2) is 0 Å². The van der Waals surface area contributed by atoms with Gasteiger partial charge >= 0.3 is 0 Å². The molecule has 110 valence electrons. The predicted octanol–water partition coefficient (Wildman–Crippen LogP) is 4.09. The minimum Gasteiger partial charge on any atom is -0.330 e. The second kappa shape index (κ2) is 15.0. The van der Waals surface area contributed by atoms with E-state index in [4.69, 9.17) is 5.73 Å². The van der Waals surface area contributed by atoms with Crippen LogP contribution in [-0.4, -0.2) is 19.6 Å². The molecule has 0 aliphatic rings. The van der Waals surface area contributed by atoms with Gasteiger partial charge in [-0.2, -0.15) is 0 Å². The summed E-state index contributed by atoms with van der Waals surface area (Å²) in [7, 11) is 0. The van der Waals surface area contributed by atoms with Gasteiger partial charge in [0.05, 0.1) is 0 Å². The van der Waals surface area contributed by atoms with Gasteiger partial charge < -0.3 is 11.1 Å². The lowest BCUT2D eigenvalue weighted by Crippen LogP contribution is -2.16. The molecule has 0 aromatic rings. The molecular formula is C16H36N2. The average molecular weight is 256 g/mol. The van der Waals surface area contributed by atoms with E-state index in [9.17, 15) is 0 Å². The van der Waals surface area contributed by atoms with Crippen LogP contribution in [0.3, 0.4) is 0 Å². The van der Waals surface area contributed by atoms with Crippen molar-refractivity contribution in [1.29, 1.82) is 0 Å². The summed E-state index contributed by atoms with van der Waals surface area (Å²) in [6, 6.07) is 0. The Morgan fingerprint density at radius 3 is 2.11 bits per heavy atom. The van der Waals surface area contributed by atoms with Crippen molar-refractivity contribution in [3.05, 3.63) is 0 Å². The molecule has 0 heterocycles. The molecule has 0 saturated heterocycles. The Labute approximate surface area is 115 Å². The van der Waals surface area contributed by atoms with Gasteiger partial charge in [-0.05, 0) is 44.8 Å². The fourth-order valence-corrected chi connectivity index (χ4v) is 2.31. The molecule has 0 aliphatic carbocycles. The predicted molar refractivity (Wildman–Crippen MR) is 82.9 cm³/mol. The highest BCUT2D eigenvalue weighted by Gasteiger charge is 2.00. The van der Waals surface area contributed by atoms with Gasteiger partial charge in [0.2, 0.25) is 0 Å². The summed E-state index contributed by atoms with van der Waals surface area (Å²) < 4.78 is 0. The van der Waals surface area contributed by atoms with E-state index in [1.165, 1.54) is 77.3 Å². The summed E-state index contributed by atoms with van der Waals surface area (Å²) in [5.41, 5.74) is 5.46. The molecular weight excluding hydrogens is 220 g/mol. The number of rotatable bonds is 14. The largest absolute Gasteiger partial charge is 0.330 e. The maximum Gasteiger partial charge on any atom is -0.00489 e. The molecule has 2 heteroatoms. The molecule has 0 aromatic carbocycles. The van der Waals surface area contributed by atoms with E-state index in [0.717, 1.165) is 12.5 Å². The van der Waals surface area contributed by atoms with Crippen molar-refractivity contribution in [2.75, 3.05) is 19.6 Å². The van der Waals surface area contributed by atoms with Crippen LogP contribution in [0.2, 0.25) is 0 Å². The monoisotopic (exact) mass is 256 g/mol. The number of nitrogens with two attached hydrogens (primary N) is 1. The van der Waals surface area contributed by atoms with Crippen LogP contribution in [0.4, 0.5) is 0 Å². The highest BCUT2D eigenvalue weighted by atomic mass is 14.8. The van der Waals surface area contributed by atoms with E-state index < -0.39 is 0 Å². The lowest BCUT2D eigenvalue weighted by Gasteiger charge is -2.10. The lowest BCUT2D eigenvalue weighted by molar-refractivity contribution is 0.444. The second-order valence-electron chi connectivity index (χ2n) is 5.70. The summed E-state index contributed by atoms with van der Waals surface area (Å²) in [5, 5.41) is 3.55. The maximum absolute atomic E-state index is 5.46. The average Bonchev–Trinajstić information content (AvgIpc) is 2.38.